The lowest BCUT2D eigenvalue weighted by Gasteiger charge is -2.28. The predicted octanol–water partition coefficient (Wildman–Crippen LogP) is 4.82. The van der Waals surface area contributed by atoms with Gasteiger partial charge in [0.2, 0.25) is 0 Å². The van der Waals surface area contributed by atoms with Crippen molar-refractivity contribution in [2.75, 3.05) is 0 Å². The second-order valence-corrected chi connectivity index (χ2v) is 6.21. The van der Waals surface area contributed by atoms with Gasteiger partial charge in [-0.25, -0.2) is 4.79 Å². The smallest absolute Gasteiger partial charge is 0.338 e. The van der Waals surface area contributed by atoms with E-state index in [1.807, 2.05) is 36.4 Å². The summed E-state index contributed by atoms with van der Waals surface area (Å²) >= 11 is 0. The summed E-state index contributed by atoms with van der Waals surface area (Å²) in [4.78, 5) is 12.2. The number of hydrogen-bond donors (Lipinski definition) is 0. The van der Waals surface area contributed by atoms with Crippen LogP contribution in [0.1, 0.15) is 61.4 Å². The van der Waals surface area contributed by atoms with Crippen LogP contribution in [0.4, 0.5) is 0 Å². The van der Waals surface area contributed by atoms with E-state index in [2.05, 4.69) is 6.92 Å². The first-order chi connectivity index (χ1) is 11.2. The number of ether oxygens (including phenoxy) is 1. The van der Waals surface area contributed by atoms with Gasteiger partial charge in [-0.1, -0.05) is 25.1 Å². The molecule has 0 spiro atoms. The third kappa shape index (κ3) is 5.56. The van der Waals surface area contributed by atoms with E-state index in [1.165, 1.54) is 5.56 Å². The van der Waals surface area contributed by atoms with Gasteiger partial charge in [-0.15, -0.1) is 0 Å². The fourth-order valence-electron chi connectivity index (χ4n) is 3.10. The van der Waals surface area contributed by atoms with E-state index in [0.29, 0.717) is 11.5 Å². The van der Waals surface area contributed by atoms with Crippen molar-refractivity contribution in [3.05, 3.63) is 47.5 Å². The molecule has 0 aliphatic heterocycles. The molecule has 3 heteroatoms. The zero-order valence-electron chi connectivity index (χ0n) is 13.8. The fourth-order valence-corrected chi connectivity index (χ4v) is 3.10. The highest BCUT2D eigenvalue weighted by Crippen LogP contribution is 2.30. The lowest BCUT2D eigenvalue weighted by molar-refractivity contribution is 0.0162. The Labute approximate surface area is 139 Å². The number of esters is 1. The van der Waals surface area contributed by atoms with Gasteiger partial charge in [0.1, 0.15) is 6.10 Å². The van der Waals surface area contributed by atoms with Crippen LogP contribution in [0, 0.1) is 17.2 Å². The SMILES string of the molecule is CCc1ccc(C(=O)OC2CCC(CC/C=C/C#N)CC2)cc1. The van der Waals surface area contributed by atoms with E-state index in [0.717, 1.165) is 44.9 Å². The molecule has 0 bridgehead atoms. The normalized spacial score (nSPS) is 21.0. The quantitative estimate of drug-likeness (QED) is 0.559. The topological polar surface area (TPSA) is 50.1 Å². The number of aryl methyl sites for hydroxylation is 1. The molecule has 1 saturated carbocycles. The molecule has 2 rings (SSSR count). The Bertz CT molecular complexity index is 560. The molecule has 1 aliphatic rings. The average molecular weight is 311 g/mol. The van der Waals surface area contributed by atoms with Crippen molar-refractivity contribution < 1.29 is 9.53 Å². The Kier molecular flexibility index (Phi) is 6.87. The summed E-state index contributed by atoms with van der Waals surface area (Å²) in [5, 5.41) is 8.46. The minimum Gasteiger partial charge on any atom is -0.459 e. The van der Waals surface area contributed by atoms with Crippen LogP contribution in [0.5, 0.6) is 0 Å². The lowest BCUT2D eigenvalue weighted by atomic mass is 9.84. The molecule has 0 heterocycles. The van der Waals surface area contributed by atoms with Crippen molar-refractivity contribution >= 4 is 5.97 Å². The van der Waals surface area contributed by atoms with Crippen LogP contribution in [-0.4, -0.2) is 12.1 Å². The minimum atomic E-state index is -0.201. The number of rotatable bonds is 6. The first-order valence-electron chi connectivity index (χ1n) is 8.57. The molecular weight excluding hydrogens is 286 g/mol. The number of carbonyl (C=O) groups is 1. The summed E-state index contributed by atoms with van der Waals surface area (Å²) in [6.45, 7) is 2.10. The molecule has 0 N–H and O–H groups in total. The number of hydrogen-bond acceptors (Lipinski definition) is 3. The Balaban J connectivity index is 1.74. The highest BCUT2D eigenvalue weighted by molar-refractivity contribution is 5.89. The lowest BCUT2D eigenvalue weighted by Crippen LogP contribution is -2.24. The maximum absolute atomic E-state index is 12.2. The summed E-state index contributed by atoms with van der Waals surface area (Å²) in [7, 11) is 0. The number of carbonyl (C=O) groups excluding carboxylic acids is 1. The molecule has 0 radical (unpaired) electrons. The second kappa shape index (κ2) is 9.15. The average Bonchev–Trinajstić information content (AvgIpc) is 2.60. The van der Waals surface area contributed by atoms with Crippen LogP contribution < -0.4 is 0 Å². The monoisotopic (exact) mass is 311 g/mol. The van der Waals surface area contributed by atoms with E-state index in [1.54, 1.807) is 6.08 Å². The predicted molar refractivity (Wildman–Crippen MR) is 91.0 cm³/mol. The first-order valence-corrected chi connectivity index (χ1v) is 8.57. The van der Waals surface area contributed by atoms with Crippen LogP contribution in [0.25, 0.3) is 0 Å². The molecule has 1 aliphatic carbocycles. The molecular formula is C20H25NO2. The van der Waals surface area contributed by atoms with E-state index < -0.39 is 0 Å². The summed E-state index contributed by atoms with van der Waals surface area (Å²) in [5.74, 6) is 0.491. The van der Waals surface area contributed by atoms with Crippen LogP contribution in [-0.2, 0) is 11.2 Å². The molecule has 1 aromatic rings. The number of nitrogens with zero attached hydrogens (tertiary/aromatic N) is 1. The van der Waals surface area contributed by atoms with Crippen molar-refractivity contribution in [2.24, 2.45) is 5.92 Å². The third-order valence-electron chi connectivity index (χ3n) is 4.60. The van der Waals surface area contributed by atoms with Crippen molar-refractivity contribution in [3.8, 4) is 6.07 Å². The Morgan fingerprint density at radius 2 is 1.96 bits per heavy atom. The zero-order valence-corrected chi connectivity index (χ0v) is 13.8. The maximum Gasteiger partial charge on any atom is 0.338 e. The highest BCUT2D eigenvalue weighted by atomic mass is 16.5. The summed E-state index contributed by atoms with van der Waals surface area (Å²) in [6, 6.07) is 9.71. The molecule has 122 valence electrons. The molecule has 0 unspecified atom stereocenters. The van der Waals surface area contributed by atoms with E-state index in [9.17, 15) is 4.79 Å². The zero-order chi connectivity index (χ0) is 16.5. The van der Waals surface area contributed by atoms with Crippen LogP contribution in [0.15, 0.2) is 36.4 Å². The van der Waals surface area contributed by atoms with Gasteiger partial charge in [0, 0.05) is 6.08 Å². The standard InChI is InChI=1S/C20H25NO2/c1-2-16-7-11-18(12-8-16)20(22)23-19-13-9-17(10-14-19)6-4-3-5-15-21/h3,5,7-8,11-12,17,19H,2,4,6,9-10,13-14H2,1H3/b5-3+. The van der Waals surface area contributed by atoms with Gasteiger partial charge in [0.05, 0.1) is 11.6 Å². The molecule has 0 atom stereocenters. The summed E-state index contributed by atoms with van der Waals surface area (Å²) in [5.41, 5.74) is 1.87. The van der Waals surface area contributed by atoms with Gasteiger partial charge in [-0.3, -0.25) is 0 Å². The van der Waals surface area contributed by atoms with Gasteiger partial charge in [-0.05, 0) is 68.6 Å². The maximum atomic E-state index is 12.2. The van der Waals surface area contributed by atoms with Gasteiger partial charge in [-0.2, -0.15) is 5.26 Å². The van der Waals surface area contributed by atoms with Gasteiger partial charge in [0.15, 0.2) is 0 Å². The second-order valence-electron chi connectivity index (χ2n) is 6.21. The largest absolute Gasteiger partial charge is 0.459 e. The molecule has 0 saturated heterocycles. The Hall–Kier alpha value is -2.08. The third-order valence-corrected chi connectivity index (χ3v) is 4.60. The number of benzene rings is 1. The van der Waals surface area contributed by atoms with Gasteiger partial charge in [0.25, 0.3) is 0 Å². The van der Waals surface area contributed by atoms with Gasteiger partial charge >= 0.3 is 5.97 Å². The minimum absolute atomic E-state index is 0.0549. The van der Waals surface area contributed by atoms with Crippen molar-refractivity contribution in [1.82, 2.24) is 0 Å². The highest BCUT2D eigenvalue weighted by Gasteiger charge is 2.23. The molecule has 0 aromatic heterocycles. The molecule has 3 nitrogen and oxygen atoms in total. The number of allylic oxidation sites excluding steroid dienone is 2. The Morgan fingerprint density at radius 1 is 1.26 bits per heavy atom. The van der Waals surface area contributed by atoms with E-state index in [4.69, 9.17) is 10.00 Å². The summed E-state index contributed by atoms with van der Waals surface area (Å²) in [6.07, 6.45) is 10.7. The first kappa shape index (κ1) is 17.3. The van der Waals surface area contributed by atoms with Crippen LogP contribution >= 0.6 is 0 Å². The molecule has 1 fully saturated rings. The van der Waals surface area contributed by atoms with Crippen molar-refractivity contribution in [2.45, 2.75) is 58.0 Å². The summed E-state index contributed by atoms with van der Waals surface area (Å²) < 4.78 is 5.65. The number of nitriles is 1. The molecule has 1 aromatic carbocycles. The van der Waals surface area contributed by atoms with Gasteiger partial charge < -0.3 is 4.74 Å². The fraction of sp³-hybridized carbons (Fsp3) is 0.500. The van der Waals surface area contributed by atoms with E-state index >= 15 is 0 Å². The van der Waals surface area contributed by atoms with E-state index in [-0.39, 0.29) is 12.1 Å². The molecule has 23 heavy (non-hydrogen) atoms. The van der Waals surface area contributed by atoms with Crippen LogP contribution in [0.3, 0.4) is 0 Å². The van der Waals surface area contributed by atoms with Crippen LogP contribution in [0.2, 0.25) is 0 Å². The van der Waals surface area contributed by atoms with Crippen molar-refractivity contribution in [1.29, 1.82) is 5.26 Å². The molecule has 0 amide bonds. The Morgan fingerprint density at radius 3 is 2.57 bits per heavy atom. The van der Waals surface area contributed by atoms with Crippen molar-refractivity contribution in [3.63, 3.8) is 0 Å².